The normalized spacial score (nSPS) is 18.0. The van der Waals surface area contributed by atoms with Crippen LogP contribution < -0.4 is 0 Å². The van der Waals surface area contributed by atoms with Crippen LogP contribution in [0.25, 0.3) is 0 Å². The van der Waals surface area contributed by atoms with Crippen molar-refractivity contribution in [1.29, 1.82) is 0 Å². The van der Waals surface area contributed by atoms with Gasteiger partial charge in [0.2, 0.25) is 0 Å². The molecular weight excluding hydrogens is 198 g/mol. The van der Waals surface area contributed by atoms with Crippen molar-refractivity contribution in [2.24, 2.45) is 5.16 Å². The number of halogens is 1. The third kappa shape index (κ3) is 1.75. The Kier molecular flexibility index (Phi) is 2.73. The second-order valence-corrected chi connectivity index (χ2v) is 3.81. The molecule has 14 heavy (non-hydrogen) atoms. The summed E-state index contributed by atoms with van der Waals surface area (Å²) in [6.45, 7) is 0. The van der Waals surface area contributed by atoms with Gasteiger partial charge in [0.05, 0.1) is 5.71 Å². The van der Waals surface area contributed by atoms with Crippen LogP contribution in [0.2, 0.25) is 5.02 Å². The highest BCUT2D eigenvalue weighted by molar-refractivity contribution is 6.30. The molecule has 0 saturated heterocycles. The SMILES string of the molecule is CO/N=C1\CCCc2cc(Cl)ccc21. The molecule has 1 aromatic rings. The molecule has 2 rings (SSSR count). The Bertz CT molecular complexity index is 374. The first-order chi connectivity index (χ1) is 6.81. The molecule has 0 spiro atoms. The van der Waals surface area contributed by atoms with Crippen LogP contribution in [0.5, 0.6) is 0 Å². The first kappa shape index (κ1) is 9.53. The molecule has 0 heterocycles. The lowest BCUT2D eigenvalue weighted by Crippen LogP contribution is -2.12. The van der Waals surface area contributed by atoms with Gasteiger partial charge in [0.1, 0.15) is 7.11 Å². The van der Waals surface area contributed by atoms with E-state index >= 15 is 0 Å². The summed E-state index contributed by atoms with van der Waals surface area (Å²) in [7, 11) is 1.58. The summed E-state index contributed by atoms with van der Waals surface area (Å²) in [6.07, 6.45) is 3.19. The van der Waals surface area contributed by atoms with Gasteiger partial charge in [-0.1, -0.05) is 22.8 Å². The number of benzene rings is 1. The van der Waals surface area contributed by atoms with Crippen molar-refractivity contribution in [2.75, 3.05) is 7.11 Å². The number of nitrogens with zero attached hydrogens (tertiary/aromatic N) is 1. The van der Waals surface area contributed by atoms with Gasteiger partial charge in [0, 0.05) is 10.6 Å². The lowest BCUT2D eigenvalue weighted by atomic mass is 9.90. The number of aryl methyl sites for hydroxylation is 1. The summed E-state index contributed by atoms with van der Waals surface area (Å²) in [4.78, 5) is 4.82. The largest absolute Gasteiger partial charge is 0.399 e. The van der Waals surface area contributed by atoms with E-state index in [-0.39, 0.29) is 0 Å². The molecule has 0 radical (unpaired) electrons. The van der Waals surface area contributed by atoms with Crippen molar-refractivity contribution in [3.63, 3.8) is 0 Å². The minimum Gasteiger partial charge on any atom is -0.399 e. The summed E-state index contributed by atoms with van der Waals surface area (Å²) in [5.41, 5.74) is 3.49. The molecule has 0 unspecified atom stereocenters. The van der Waals surface area contributed by atoms with Crippen LogP contribution in [0.1, 0.15) is 24.0 Å². The Hall–Kier alpha value is -1.02. The van der Waals surface area contributed by atoms with E-state index in [1.807, 2.05) is 18.2 Å². The predicted molar refractivity (Wildman–Crippen MR) is 57.9 cm³/mol. The van der Waals surface area contributed by atoms with E-state index in [2.05, 4.69) is 5.16 Å². The third-order valence-electron chi connectivity index (χ3n) is 2.44. The molecule has 2 nitrogen and oxygen atoms in total. The van der Waals surface area contributed by atoms with Gasteiger partial charge in [-0.25, -0.2) is 0 Å². The molecular formula is C11H12ClNO. The molecule has 0 atom stereocenters. The van der Waals surface area contributed by atoms with Crippen LogP contribution in [-0.4, -0.2) is 12.8 Å². The van der Waals surface area contributed by atoms with Gasteiger partial charge in [-0.2, -0.15) is 0 Å². The highest BCUT2D eigenvalue weighted by Crippen LogP contribution is 2.24. The Morgan fingerprint density at radius 3 is 3.00 bits per heavy atom. The fourth-order valence-corrected chi connectivity index (χ4v) is 2.03. The monoisotopic (exact) mass is 209 g/mol. The summed E-state index contributed by atoms with van der Waals surface area (Å²) < 4.78 is 0. The third-order valence-corrected chi connectivity index (χ3v) is 2.67. The Labute approximate surface area is 88.5 Å². The number of fused-ring (bicyclic) bond motifs is 1. The maximum atomic E-state index is 5.93. The number of oxime groups is 1. The second kappa shape index (κ2) is 4.01. The molecule has 0 aromatic heterocycles. The van der Waals surface area contributed by atoms with Crippen molar-refractivity contribution >= 4 is 17.3 Å². The van der Waals surface area contributed by atoms with Gasteiger partial charge in [-0.05, 0) is 37.0 Å². The Morgan fingerprint density at radius 1 is 1.36 bits per heavy atom. The van der Waals surface area contributed by atoms with Crippen LogP contribution in [0, 0.1) is 0 Å². The molecule has 1 aliphatic carbocycles. The zero-order valence-corrected chi connectivity index (χ0v) is 8.84. The molecule has 0 saturated carbocycles. The van der Waals surface area contributed by atoms with E-state index in [0.29, 0.717) is 0 Å². The standard InChI is InChI=1S/C11H12ClNO/c1-14-13-11-4-2-3-8-7-9(12)5-6-10(8)11/h5-7H,2-4H2,1H3/b13-11+. The molecule has 1 aromatic carbocycles. The molecule has 0 fully saturated rings. The Balaban J connectivity index is 2.45. The first-order valence-corrected chi connectivity index (χ1v) is 5.08. The van der Waals surface area contributed by atoms with Crippen LogP contribution in [0.4, 0.5) is 0 Å². The Morgan fingerprint density at radius 2 is 2.21 bits per heavy atom. The van der Waals surface area contributed by atoms with E-state index in [4.69, 9.17) is 16.4 Å². The molecule has 0 N–H and O–H groups in total. The van der Waals surface area contributed by atoms with E-state index in [1.54, 1.807) is 7.11 Å². The van der Waals surface area contributed by atoms with Gasteiger partial charge in [0.25, 0.3) is 0 Å². The minimum atomic E-state index is 0.794. The fourth-order valence-electron chi connectivity index (χ4n) is 1.84. The van der Waals surface area contributed by atoms with E-state index in [1.165, 1.54) is 11.1 Å². The molecule has 3 heteroatoms. The van der Waals surface area contributed by atoms with Crippen molar-refractivity contribution < 1.29 is 4.84 Å². The van der Waals surface area contributed by atoms with Gasteiger partial charge in [-0.15, -0.1) is 0 Å². The molecule has 74 valence electrons. The zero-order chi connectivity index (χ0) is 9.97. The smallest absolute Gasteiger partial charge is 0.106 e. The van der Waals surface area contributed by atoms with Crippen molar-refractivity contribution in [3.8, 4) is 0 Å². The van der Waals surface area contributed by atoms with E-state index in [0.717, 1.165) is 30.0 Å². The quantitative estimate of drug-likeness (QED) is 0.652. The summed E-state index contributed by atoms with van der Waals surface area (Å²) in [5, 5.41) is 4.82. The topological polar surface area (TPSA) is 21.6 Å². The molecule has 0 bridgehead atoms. The maximum Gasteiger partial charge on any atom is 0.106 e. The van der Waals surface area contributed by atoms with Gasteiger partial charge in [-0.3, -0.25) is 0 Å². The van der Waals surface area contributed by atoms with Gasteiger partial charge in [0.15, 0.2) is 0 Å². The fraction of sp³-hybridized carbons (Fsp3) is 0.364. The van der Waals surface area contributed by atoms with Crippen LogP contribution in [0.15, 0.2) is 23.4 Å². The highest BCUT2D eigenvalue weighted by Gasteiger charge is 2.15. The number of hydrogen-bond acceptors (Lipinski definition) is 2. The van der Waals surface area contributed by atoms with Gasteiger partial charge < -0.3 is 4.84 Å². The number of rotatable bonds is 1. The first-order valence-electron chi connectivity index (χ1n) is 4.70. The van der Waals surface area contributed by atoms with Crippen molar-refractivity contribution in [2.45, 2.75) is 19.3 Å². The lowest BCUT2D eigenvalue weighted by molar-refractivity contribution is 0.212. The van der Waals surface area contributed by atoms with Crippen LogP contribution in [0.3, 0.4) is 0 Å². The predicted octanol–water partition coefficient (Wildman–Crippen LogP) is 3.03. The highest BCUT2D eigenvalue weighted by atomic mass is 35.5. The summed E-state index contributed by atoms with van der Waals surface area (Å²) in [5.74, 6) is 0. The summed E-state index contributed by atoms with van der Waals surface area (Å²) in [6, 6.07) is 5.94. The van der Waals surface area contributed by atoms with Crippen molar-refractivity contribution in [3.05, 3.63) is 34.3 Å². The molecule has 0 aliphatic heterocycles. The van der Waals surface area contributed by atoms with E-state index in [9.17, 15) is 0 Å². The van der Waals surface area contributed by atoms with Gasteiger partial charge >= 0.3 is 0 Å². The number of hydrogen-bond donors (Lipinski definition) is 0. The van der Waals surface area contributed by atoms with Crippen molar-refractivity contribution in [1.82, 2.24) is 0 Å². The average molecular weight is 210 g/mol. The summed E-state index contributed by atoms with van der Waals surface area (Å²) >= 11 is 5.93. The molecule has 0 amide bonds. The minimum absolute atomic E-state index is 0.794. The van der Waals surface area contributed by atoms with Crippen LogP contribution >= 0.6 is 11.6 Å². The maximum absolute atomic E-state index is 5.93. The second-order valence-electron chi connectivity index (χ2n) is 3.38. The average Bonchev–Trinajstić information content (AvgIpc) is 2.18. The van der Waals surface area contributed by atoms with E-state index < -0.39 is 0 Å². The zero-order valence-electron chi connectivity index (χ0n) is 8.09. The lowest BCUT2D eigenvalue weighted by Gasteiger charge is -2.17. The molecule has 1 aliphatic rings. The van der Waals surface area contributed by atoms with Crippen LogP contribution in [-0.2, 0) is 11.3 Å².